The van der Waals surface area contributed by atoms with Crippen LogP contribution < -0.4 is 5.32 Å². The number of aryl methyl sites for hydroxylation is 2. The molecular formula is C12H11BrFN3O. The molecule has 94 valence electrons. The second-order valence-electron chi connectivity index (χ2n) is 3.85. The number of aromatic nitrogens is 2. The number of hydrogen-bond donors (Lipinski definition) is 1. The van der Waals surface area contributed by atoms with Gasteiger partial charge in [-0.15, -0.1) is 0 Å². The summed E-state index contributed by atoms with van der Waals surface area (Å²) in [6.07, 6.45) is 0. The van der Waals surface area contributed by atoms with Gasteiger partial charge in [-0.3, -0.25) is 9.48 Å². The number of halogens is 2. The summed E-state index contributed by atoms with van der Waals surface area (Å²) in [6, 6.07) is 6.29. The first kappa shape index (κ1) is 12.8. The molecule has 4 nitrogen and oxygen atoms in total. The molecule has 1 aromatic heterocycles. The van der Waals surface area contributed by atoms with Gasteiger partial charge in [-0.2, -0.15) is 5.10 Å². The highest BCUT2D eigenvalue weighted by Gasteiger charge is 2.15. The SMILES string of the molecule is Cc1cc(NC(=O)c2cccc(Br)c2F)n(C)n1. The summed E-state index contributed by atoms with van der Waals surface area (Å²) in [6.45, 7) is 1.81. The van der Waals surface area contributed by atoms with Crippen molar-refractivity contribution in [2.24, 2.45) is 7.05 Å². The third kappa shape index (κ3) is 2.43. The molecule has 1 amide bonds. The number of hydrogen-bond acceptors (Lipinski definition) is 2. The van der Waals surface area contributed by atoms with Gasteiger partial charge in [0.1, 0.15) is 11.6 Å². The lowest BCUT2D eigenvalue weighted by Gasteiger charge is -2.06. The first-order valence-corrected chi connectivity index (χ1v) is 6.04. The zero-order valence-corrected chi connectivity index (χ0v) is 11.5. The lowest BCUT2D eigenvalue weighted by atomic mass is 10.2. The van der Waals surface area contributed by atoms with Crippen molar-refractivity contribution in [3.8, 4) is 0 Å². The number of carbonyl (C=O) groups is 1. The Morgan fingerprint density at radius 2 is 2.22 bits per heavy atom. The molecule has 2 aromatic rings. The highest BCUT2D eigenvalue weighted by Crippen LogP contribution is 2.19. The molecule has 0 unspecified atom stereocenters. The Labute approximate surface area is 112 Å². The summed E-state index contributed by atoms with van der Waals surface area (Å²) in [4.78, 5) is 11.9. The molecule has 18 heavy (non-hydrogen) atoms. The third-order valence-corrected chi connectivity index (χ3v) is 3.05. The van der Waals surface area contributed by atoms with E-state index in [1.807, 2.05) is 6.92 Å². The smallest absolute Gasteiger partial charge is 0.259 e. The molecule has 0 fully saturated rings. The van der Waals surface area contributed by atoms with Crippen LogP contribution in [-0.2, 0) is 7.05 Å². The van der Waals surface area contributed by atoms with E-state index in [-0.39, 0.29) is 10.0 Å². The van der Waals surface area contributed by atoms with Gasteiger partial charge >= 0.3 is 0 Å². The first-order valence-electron chi connectivity index (χ1n) is 5.25. The van der Waals surface area contributed by atoms with Crippen LogP contribution in [0.2, 0.25) is 0 Å². The van der Waals surface area contributed by atoms with E-state index in [2.05, 4.69) is 26.3 Å². The minimum Gasteiger partial charge on any atom is -0.307 e. The highest BCUT2D eigenvalue weighted by molar-refractivity contribution is 9.10. The maximum absolute atomic E-state index is 13.7. The molecule has 1 heterocycles. The Morgan fingerprint density at radius 1 is 1.50 bits per heavy atom. The monoisotopic (exact) mass is 311 g/mol. The van der Waals surface area contributed by atoms with Crippen molar-refractivity contribution in [1.29, 1.82) is 0 Å². The molecule has 0 aliphatic carbocycles. The van der Waals surface area contributed by atoms with Crippen LogP contribution in [0.3, 0.4) is 0 Å². The van der Waals surface area contributed by atoms with Gasteiger partial charge in [-0.05, 0) is 35.0 Å². The molecule has 1 aromatic carbocycles. The summed E-state index contributed by atoms with van der Waals surface area (Å²) in [5, 5.41) is 6.71. The van der Waals surface area contributed by atoms with Crippen molar-refractivity contribution >= 4 is 27.7 Å². The molecule has 0 saturated carbocycles. The predicted molar refractivity (Wildman–Crippen MR) is 70.0 cm³/mol. The van der Waals surface area contributed by atoms with Gasteiger partial charge in [0, 0.05) is 13.1 Å². The number of nitrogens with zero attached hydrogens (tertiary/aromatic N) is 2. The fourth-order valence-corrected chi connectivity index (χ4v) is 1.96. The van der Waals surface area contributed by atoms with Crippen LogP contribution >= 0.6 is 15.9 Å². The topological polar surface area (TPSA) is 46.9 Å². The molecule has 1 N–H and O–H groups in total. The molecule has 0 aliphatic heterocycles. The van der Waals surface area contributed by atoms with E-state index < -0.39 is 11.7 Å². The van der Waals surface area contributed by atoms with Gasteiger partial charge in [0.25, 0.3) is 5.91 Å². The largest absolute Gasteiger partial charge is 0.307 e. The molecule has 0 atom stereocenters. The number of rotatable bonds is 2. The summed E-state index contributed by atoms with van der Waals surface area (Å²) in [5.74, 6) is -0.553. The van der Waals surface area contributed by atoms with E-state index in [0.717, 1.165) is 5.69 Å². The number of anilines is 1. The van der Waals surface area contributed by atoms with E-state index in [4.69, 9.17) is 0 Å². The number of carbonyl (C=O) groups excluding carboxylic acids is 1. The minimum absolute atomic E-state index is 0.0109. The molecule has 0 aliphatic rings. The Bertz CT molecular complexity index is 609. The maximum atomic E-state index is 13.7. The number of amides is 1. The van der Waals surface area contributed by atoms with Crippen LogP contribution in [0.1, 0.15) is 16.1 Å². The van der Waals surface area contributed by atoms with Crippen LogP contribution in [0.4, 0.5) is 10.2 Å². The molecular weight excluding hydrogens is 301 g/mol. The van der Waals surface area contributed by atoms with E-state index in [0.29, 0.717) is 5.82 Å². The normalized spacial score (nSPS) is 10.4. The predicted octanol–water partition coefficient (Wildman–Crippen LogP) is 2.88. The zero-order valence-electron chi connectivity index (χ0n) is 9.87. The summed E-state index contributed by atoms with van der Waals surface area (Å²) >= 11 is 3.05. The van der Waals surface area contributed by atoms with Crippen LogP contribution in [0, 0.1) is 12.7 Å². The highest BCUT2D eigenvalue weighted by atomic mass is 79.9. The average Bonchev–Trinajstić information content (AvgIpc) is 2.61. The van der Waals surface area contributed by atoms with E-state index >= 15 is 0 Å². The Balaban J connectivity index is 2.27. The molecule has 0 radical (unpaired) electrons. The quantitative estimate of drug-likeness (QED) is 0.927. The van der Waals surface area contributed by atoms with Crippen LogP contribution in [0.15, 0.2) is 28.7 Å². The van der Waals surface area contributed by atoms with Gasteiger partial charge in [0.05, 0.1) is 15.7 Å². The standard InChI is InChI=1S/C12H11BrFN3O/c1-7-6-10(17(2)16-7)15-12(18)8-4-3-5-9(13)11(8)14/h3-6H,1-2H3,(H,15,18). The molecule has 6 heteroatoms. The van der Waals surface area contributed by atoms with Crippen molar-refractivity contribution in [3.05, 3.63) is 45.8 Å². The second kappa shape index (κ2) is 4.89. The van der Waals surface area contributed by atoms with E-state index in [1.165, 1.54) is 10.7 Å². The summed E-state index contributed by atoms with van der Waals surface area (Å²) in [5.41, 5.74) is 0.769. The zero-order chi connectivity index (χ0) is 13.3. The summed E-state index contributed by atoms with van der Waals surface area (Å²) in [7, 11) is 1.71. The van der Waals surface area contributed by atoms with Gasteiger partial charge in [-0.25, -0.2) is 4.39 Å². The van der Waals surface area contributed by atoms with Crippen LogP contribution in [-0.4, -0.2) is 15.7 Å². The fourth-order valence-electron chi connectivity index (χ4n) is 1.59. The average molecular weight is 312 g/mol. The van der Waals surface area contributed by atoms with Crippen molar-refractivity contribution in [3.63, 3.8) is 0 Å². The van der Waals surface area contributed by atoms with Gasteiger partial charge in [0.15, 0.2) is 0 Å². The van der Waals surface area contributed by atoms with Gasteiger partial charge in [-0.1, -0.05) is 6.07 Å². The van der Waals surface area contributed by atoms with Crippen LogP contribution in [0.25, 0.3) is 0 Å². The number of benzene rings is 1. The van der Waals surface area contributed by atoms with Gasteiger partial charge in [0.2, 0.25) is 0 Å². The second-order valence-corrected chi connectivity index (χ2v) is 4.70. The van der Waals surface area contributed by atoms with Crippen molar-refractivity contribution in [1.82, 2.24) is 9.78 Å². The van der Waals surface area contributed by atoms with Crippen LogP contribution in [0.5, 0.6) is 0 Å². The third-order valence-electron chi connectivity index (χ3n) is 2.44. The summed E-state index contributed by atoms with van der Waals surface area (Å²) < 4.78 is 15.5. The van der Waals surface area contributed by atoms with Crippen molar-refractivity contribution in [2.75, 3.05) is 5.32 Å². The Hall–Kier alpha value is -1.69. The minimum atomic E-state index is -0.575. The maximum Gasteiger partial charge on any atom is 0.259 e. The van der Waals surface area contributed by atoms with Gasteiger partial charge < -0.3 is 5.32 Å². The molecule has 2 rings (SSSR count). The molecule has 0 bridgehead atoms. The molecule has 0 saturated heterocycles. The Kier molecular flexibility index (Phi) is 3.47. The Morgan fingerprint density at radius 3 is 2.83 bits per heavy atom. The lowest BCUT2D eigenvalue weighted by molar-refractivity contribution is 0.102. The fraction of sp³-hybridized carbons (Fsp3) is 0.167. The molecule has 0 spiro atoms. The van der Waals surface area contributed by atoms with Crippen molar-refractivity contribution in [2.45, 2.75) is 6.92 Å². The van der Waals surface area contributed by atoms with E-state index in [1.54, 1.807) is 25.2 Å². The lowest BCUT2D eigenvalue weighted by Crippen LogP contribution is -2.16. The number of nitrogens with one attached hydrogen (secondary N) is 1. The first-order chi connectivity index (χ1) is 8.49. The van der Waals surface area contributed by atoms with Crippen molar-refractivity contribution < 1.29 is 9.18 Å². The van der Waals surface area contributed by atoms with E-state index in [9.17, 15) is 9.18 Å².